The molecule has 130 valence electrons. The van der Waals surface area contributed by atoms with Crippen molar-refractivity contribution in [2.24, 2.45) is 0 Å². The van der Waals surface area contributed by atoms with Gasteiger partial charge in [0.2, 0.25) is 0 Å². The molecule has 0 fully saturated rings. The Kier molecular flexibility index (Phi) is 5.69. The van der Waals surface area contributed by atoms with Crippen molar-refractivity contribution >= 4 is 5.97 Å². The van der Waals surface area contributed by atoms with E-state index < -0.39 is 11.4 Å². The van der Waals surface area contributed by atoms with E-state index in [9.17, 15) is 4.79 Å². The maximum Gasteiger partial charge on any atom is 0.356 e. The minimum Gasteiger partial charge on any atom is -0.476 e. The van der Waals surface area contributed by atoms with Crippen LogP contribution in [0, 0.1) is 6.07 Å². The van der Waals surface area contributed by atoms with Crippen LogP contribution in [-0.4, -0.2) is 36.0 Å². The fourth-order valence-electron chi connectivity index (χ4n) is 2.16. The van der Waals surface area contributed by atoms with Gasteiger partial charge in [0, 0.05) is 45.3 Å². The summed E-state index contributed by atoms with van der Waals surface area (Å²) in [5.41, 5.74) is 1.75. The first kappa shape index (κ1) is 18.8. The molecule has 0 radical (unpaired) electrons. The molecule has 0 unspecified atom stereocenters. The second-order valence-electron chi connectivity index (χ2n) is 5.66. The average molecular weight is 515 g/mol. The van der Waals surface area contributed by atoms with Gasteiger partial charge >= 0.3 is 5.97 Å². The van der Waals surface area contributed by atoms with Crippen LogP contribution in [0.4, 0.5) is 0 Å². The minimum absolute atomic E-state index is 0. The van der Waals surface area contributed by atoms with Crippen molar-refractivity contribution in [1.29, 1.82) is 0 Å². The summed E-state index contributed by atoms with van der Waals surface area (Å²) in [6, 6.07) is 4.76. The summed E-state index contributed by atoms with van der Waals surface area (Å²) in [6.45, 7) is 3.78. The van der Waals surface area contributed by atoms with Crippen molar-refractivity contribution in [3.8, 4) is 11.3 Å². The van der Waals surface area contributed by atoms with Crippen LogP contribution in [0.3, 0.4) is 0 Å². The molecule has 0 spiro atoms. The van der Waals surface area contributed by atoms with Gasteiger partial charge in [-0.25, -0.2) is 9.78 Å². The van der Waals surface area contributed by atoms with E-state index in [-0.39, 0.29) is 26.8 Å². The normalized spacial score (nSPS) is 10.8. The Morgan fingerprint density at radius 2 is 1.68 bits per heavy atom. The predicted molar refractivity (Wildman–Crippen MR) is 85.2 cm³/mol. The Morgan fingerprint density at radius 1 is 1.00 bits per heavy atom. The zero-order valence-electron chi connectivity index (χ0n) is 13.4. The van der Waals surface area contributed by atoms with Crippen molar-refractivity contribution in [1.82, 2.24) is 24.9 Å². The van der Waals surface area contributed by atoms with Crippen molar-refractivity contribution < 1.29 is 31.0 Å². The number of aromatic carboxylic acids is 1. The van der Waals surface area contributed by atoms with Gasteiger partial charge in [0.15, 0.2) is 5.69 Å². The van der Waals surface area contributed by atoms with Crippen LogP contribution in [0.15, 0.2) is 43.2 Å². The standard InChI is InChI=1S/C17H14N5O2.Pt/c1-17(2,15-10-20-8-13(22-15)16(23)24)14-9-19-7-12(21-14)11-4-3-5-18-6-11;/h3,5-10H,1-2H3,(H,23,24);/q-1;. The molecular formula is C17H14N5O2Pt-. The van der Waals surface area contributed by atoms with E-state index >= 15 is 0 Å². The van der Waals surface area contributed by atoms with Crippen LogP contribution in [0.2, 0.25) is 0 Å². The summed E-state index contributed by atoms with van der Waals surface area (Å²) in [4.78, 5) is 32.2. The van der Waals surface area contributed by atoms with Crippen LogP contribution in [0.5, 0.6) is 0 Å². The number of carboxylic acids is 1. The first-order valence-electron chi connectivity index (χ1n) is 7.19. The average Bonchev–Trinajstić information content (AvgIpc) is 2.62. The topological polar surface area (TPSA) is 102 Å². The van der Waals surface area contributed by atoms with Gasteiger partial charge in [-0.05, 0) is 13.8 Å². The molecule has 25 heavy (non-hydrogen) atoms. The molecule has 1 N–H and O–H groups in total. The molecule has 7 nitrogen and oxygen atoms in total. The number of carbonyl (C=O) groups is 1. The van der Waals surface area contributed by atoms with Crippen molar-refractivity contribution in [2.75, 3.05) is 0 Å². The fraction of sp³-hybridized carbons (Fsp3) is 0.176. The Hall–Kier alpha value is -2.53. The molecule has 0 aliphatic heterocycles. The summed E-state index contributed by atoms with van der Waals surface area (Å²) >= 11 is 0. The smallest absolute Gasteiger partial charge is 0.356 e. The molecule has 3 aromatic rings. The molecule has 8 heteroatoms. The molecular weight excluding hydrogens is 501 g/mol. The monoisotopic (exact) mass is 515 g/mol. The molecule has 0 saturated carbocycles. The van der Waals surface area contributed by atoms with Gasteiger partial charge in [-0.15, -0.1) is 17.7 Å². The van der Waals surface area contributed by atoms with Gasteiger partial charge in [0.05, 0.1) is 23.0 Å². The molecule has 3 rings (SSSR count). The molecule has 0 aliphatic carbocycles. The van der Waals surface area contributed by atoms with Crippen molar-refractivity contribution in [2.45, 2.75) is 19.3 Å². The second-order valence-corrected chi connectivity index (χ2v) is 5.66. The summed E-state index contributed by atoms with van der Waals surface area (Å²) < 4.78 is 0. The first-order valence-corrected chi connectivity index (χ1v) is 7.19. The van der Waals surface area contributed by atoms with E-state index in [2.05, 4.69) is 31.0 Å². The summed E-state index contributed by atoms with van der Waals surface area (Å²) in [5, 5.41) is 9.10. The number of nitrogens with zero attached hydrogens (tertiary/aromatic N) is 5. The van der Waals surface area contributed by atoms with Gasteiger partial charge in [0.25, 0.3) is 0 Å². The molecule has 0 saturated heterocycles. The maximum atomic E-state index is 11.1. The Balaban J connectivity index is 0.00000225. The van der Waals surface area contributed by atoms with Gasteiger partial charge in [-0.2, -0.15) is 0 Å². The Morgan fingerprint density at radius 3 is 2.32 bits per heavy atom. The van der Waals surface area contributed by atoms with E-state index in [1.54, 1.807) is 30.9 Å². The number of hydrogen-bond donors (Lipinski definition) is 1. The molecule has 0 amide bonds. The SMILES string of the molecule is CC(C)(c1cncc(C(=O)O)n1)c1cncc(-c2[c-]ccnc2)n1.[Pt]. The number of hydrogen-bond acceptors (Lipinski definition) is 6. The summed E-state index contributed by atoms with van der Waals surface area (Å²) in [6.07, 6.45) is 9.32. The maximum absolute atomic E-state index is 11.1. The zero-order chi connectivity index (χ0) is 17.2. The number of aromatic nitrogens is 5. The molecule has 0 bridgehead atoms. The largest absolute Gasteiger partial charge is 0.476 e. The van der Waals surface area contributed by atoms with E-state index in [1.807, 2.05) is 13.8 Å². The molecule has 0 aromatic carbocycles. The Bertz CT molecular complexity index is 887. The van der Waals surface area contributed by atoms with Crippen LogP contribution in [0.1, 0.15) is 35.7 Å². The van der Waals surface area contributed by atoms with Crippen LogP contribution in [-0.2, 0) is 26.5 Å². The minimum atomic E-state index is -1.12. The number of carboxylic acid groups (broad SMARTS) is 1. The fourth-order valence-corrected chi connectivity index (χ4v) is 2.16. The van der Waals surface area contributed by atoms with Crippen LogP contribution < -0.4 is 0 Å². The van der Waals surface area contributed by atoms with E-state index in [1.165, 1.54) is 12.4 Å². The van der Waals surface area contributed by atoms with Gasteiger partial charge < -0.3 is 10.1 Å². The Labute approximate surface area is 158 Å². The summed E-state index contributed by atoms with van der Waals surface area (Å²) in [7, 11) is 0. The third kappa shape index (κ3) is 3.94. The molecule has 3 heterocycles. The van der Waals surface area contributed by atoms with Gasteiger partial charge in [-0.3, -0.25) is 15.0 Å². The van der Waals surface area contributed by atoms with Gasteiger partial charge in [0.1, 0.15) is 0 Å². The molecule has 0 atom stereocenters. The van der Waals surface area contributed by atoms with Crippen molar-refractivity contribution in [3.05, 3.63) is 66.4 Å². The van der Waals surface area contributed by atoms with Gasteiger partial charge in [-0.1, -0.05) is 12.4 Å². The van der Waals surface area contributed by atoms with E-state index in [0.29, 0.717) is 17.1 Å². The second kappa shape index (κ2) is 7.57. The number of pyridine rings is 1. The van der Waals surface area contributed by atoms with E-state index in [4.69, 9.17) is 5.11 Å². The van der Waals surface area contributed by atoms with Crippen LogP contribution >= 0.6 is 0 Å². The quantitative estimate of drug-likeness (QED) is 0.532. The van der Waals surface area contributed by atoms with Crippen molar-refractivity contribution in [3.63, 3.8) is 0 Å². The summed E-state index contributed by atoms with van der Waals surface area (Å²) in [5.74, 6) is -1.12. The third-order valence-electron chi connectivity index (χ3n) is 3.65. The molecule has 3 aromatic heterocycles. The first-order chi connectivity index (χ1) is 11.5. The van der Waals surface area contributed by atoms with Crippen LogP contribution in [0.25, 0.3) is 11.3 Å². The zero-order valence-corrected chi connectivity index (χ0v) is 15.7. The molecule has 0 aliphatic rings. The predicted octanol–water partition coefficient (Wildman–Crippen LogP) is 2.15. The number of rotatable bonds is 4. The third-order valence-corrected chi connectivity index (χ3v) is 3.65. The van der Waals surface area contributed by atoms with E-state index in [0.717, 1.165) is 5.56 Å².